The zero-order chi connectivity index (χ0) is 41.3. The third-order valence-electron chi connectivity index (χ3n) is 9.17. The Bertz CT molecular complexity index is 1090. The molecule has 0 saturated heterocycles. The number of ether oxygens (including phenoxy) is 4. The van der Waals surface area contributed by atoms with E-state index in [1.165, 1.54) is 7.00 Å². The quantitative estimate of drug-likeness (QED) is 0.0331. The monoisotopic (exact) mass is 787 g/mol. The van der Waals surface area contributed by atoms with Gasteiger partial charge in [-0.1, -0.05) is 40.5 Å². The van der Waals surface area contributed by atoms with Crippen LogP contribution < -0.4 is 10.6 Å². The van der Waals surface area contributed by atoms with E-state index in [2.05, 4.69) is 38.5 Å². The molecule has 0 bridgehead atoms. The highest BCUT2D eigenvalue weighted by Gasteiger charge is 2.27. The molecule has 14 nitrogen and oxygen atoms in total. The van der Waals surface area contributed by atoms with Crippen molar-refractivity contribution in [3.63, 3.8) is 0 Å². The number of esters is 1. The molecule has 0 aromatic carbocycles. The van der Waals surface area contributed by atoms with Gasteiger partial charge < -0.3 is 39.3 Å². The molecule has 0 saturated carbocycles. The maximum Gasteiger partial charge on any atom is 0.322 e. The normalized spacial score (nSPS) is 13.3. The number of nitrogens with zero attached hydrogens (tertiary/aromatic N) is 3. The van der Waals surface area contributed by atoms with Gasteiger partial charge in [0.15, 0.2) is 5.78 Å². The Balaban J connectivity index is 5.21. The molecule has 0 rings (SSSR count). The molecule has 0 spiro atoms. The van der Waals surface area contributed by atoms with Crippen molar-refractivity contribution in [2.45, 2.75) is 124 Å². The van der Waals surface area contributed by atoms with Gasteiger partial charge in [0.2, 0.25) is 25.1 Å². The van der Waals surface area contributed by atoms with Crippen molar-refractivity contribution in [2.75, 3.05) is 86.7 Å². The molecule has 0 aliphatic rings. The van der Waals surface area contributed by atoms with Crippen molar-refractivity contribution in [2.24, 2.45) is 5.92 Å². The molecule has 0 aliphatic heterocycles. The van der Waals surface area contributed by atoms with Gasteiger partial charge in [-0.3, -0.25) is 29.0 Å². The van der Waals surface area contributed by atoms with Crippen LogP contribution in [0.2, 0.25) is 0 Å². The maximum absolute atomic E-state index is 12.9. The van der Waals surface area contributed by atoms with Gasteiger partial charge >= 0.3 is 5.97 Å². The summed E-state index contributed by atoms with van der Waals surface area (Å²) in [4.78, 5) is 68.7. The van der Waals surface area contributed by atoms with Crippen LogP contribution in [-0.2, 0) is 42.9 Å². The summed E-state index contributed by atoms with van der Waals surface area (Å²) < 4.78 is 23.9. The van der Waals surface area contributed by atoms with E-state index in [-0.39, 0.29) is 75.3 Å². The highest BCUT2D eigenvalue weighted by Crippen LogP contribution is 2.20. The summed E-state index contributed by atoms with van der Waals surface area (Å²) in [6, 6.07) is 0. The molecule has 1 radical (unpaired) electrons. The Morgan fingerprint density at radius 1 is 0.759 bits per heavy atom. The van der Waals surface area contributed by atoms with Crippen LogP contribution >= 0.6 is 9.12 Å². The summed E-state index contributed by atoms with van der Waals surface area (Å²) in [5.41, 5.74) is -1.07. The zero-order valence-corrected chi connectivity index (χ0v) is 36.6. The highest BCUT2D eigenvalue weighted by molar-refractivity contribution is 7.62. The number of carbonyl (C=O) groups is 5. The number of likely N-dealkylation sites (N-methyl/N-ethyl adjacent to an activating group) is 3. The molecule has 0 aromatic rings. The molecular formula is C38H74BN5O9P. The average Bonchev–Trinajstić information content (AvgIpc) is 3.09. The lowest BCUT2D eigenvalue weighted by molar-refractivity contribution is -0.193. The van der Waals surface area contributed by atoms with E-state index in [1.54, 1.807) is 11.9 Å². The molecule has 0 aromatic heterocycles. The minimum Gasteiger partial charge on any atom is -0.434 e. The van der Waals surface area contributed by atoms with Crippen LogP contribution in [0.25, 0.3) is 0 Å². The molecule has 3 atom stereocenters. The Hall–Kier alpha value is -2.00. The standard InChI is InChI=1S/C38H74BN5O9P/c1-12-29(13-2)25-44(11)27-31(52-36(22-30(45)26-42(9)14-3)53-35(49)28-43(10)15-4)24-41-34(48)17-16-33(47)40-19-21-51-37(5,6)18-20-50-38(7,8)23-32(46)39-54/h29,31,36H,12-28,54H2,1-11H3,(H,40,47)(H,41,48). The van der Waals surface area contributed by atoms with Crippen LogP contribution in [0.3, 0.4) is 0 Å². The number of hydrogen-bond acceptors (Lipinski definition) is 12. The van der Waals surface area contributed by atoms with Crippen LogP contribution in [0.15, 0.2) is 0 Å². The number of rotatable bonds is 33. The Labute approximate surface area is 329 Å². The molecular weight excluding hydrogens is 712 g/mol. The van der Waals surface area contributed by atoms with E-state index >= 15 is 0 Å². The maximum atomic E-state index is 12.9. The molecule has 3 unspecified atom stereocenters. The van der Waals surface area contributed by atoms with Gasteiger partial charge in [-0.15, -0.1) is 0 Å². The molecule has 313 valence electrons. The van der Waals surface area contributed by atoms with Gasteiger partial charge in [-0.25, -0.2) is 0 Å². The van der Waals surface area contributed by atoms with E-state index in [4.69, 9.17) is 18.9 Å². The van der Waals surface area contributed by atoms with E-state index in [9.17, 15) is 24.0 Å². The minimum atomic E-state index is -1.11. The summed E-state index contributed by atoms with van der Waals surface area (Å²) in [7, 11) is 7.94. The Morgan fingerprint density at radius 2 is 1.33 bits per heavy atom. The number of amides is 2. The summed E-state index contributed by atoms with van der Waals surface area (Å²) in [6.07, 6.45) is 1.10. The van der Waals surface area contributed by atoms with Crippen molar-refractivity contribution in [3.8, 4) is 0 Å². The molecule has 16 heteroatoms. The van der Waals surface area contributed by atoms with Gasteiger partial charge in [-0.2, -0.15) is 9.12 Å². The molecule has 2 amide bonds. The lowest BCUT2D eigenvalue weighted by Gasteiger charge is -2.30. The largest absolute Gasteiger partial charge is 0.434 e. The second kappa shape index (κ2) is 28.4. The average molecular weight is 787 g/mol. The van der Waals surface area contributed by atoms with Gasteiger partial charge in [-0.05, 0) is 74.3 Å². The Morgan fingerprint density at radius 3 is 1.91 bits per heavy atom. The zero-order valence-electron chi connectivity index (χ0n) is 35.4. The summed E-state index contributed by atoms with van der Waals surface area (Å²) in [5.74, 6) is -0.732. The van der Waals surface area contributed by atoms with Crippen LogP contribution in [-0.4, -0.2) is 161 Å². The van der Waals surface area contributed by atoms with Gasteiger partial charge in [0.25, 0.3) is 0 Å². The van der Waals surface area contributed by atoms with E-state index in [1.807, 2.05) is 60.5 Å². The van der Waals surface area contributed by atoms with Crippen molar-refractivity contribution >= 4 is 45.4 Å². The van der Waals surface area contributed by atoms with Gasteiger partial charge in [0.05, 0.1) is 55.7 Å². The number of hydrogen-bond donors (Lipinski definition) is 2. The fourth-order valence-corrected chi connectivity index (χ4v) is 5.52. The van der Waals surface area contributed by atoms with Gasteiger partial charge in [0, 0.05) is 45.4 Å². The first-order chi connectivity index (χ1) is 25.3. The topological polar surface area (TPSA) is 156 Å². The van der Waals surface area contributed by atoms with Crippen LogP contribution in [0.5, 0.6) is 0 Å². The number of nitrogens with one attached hydrogen (secondary N) is 2. The van der Waals surface area contributed by atoms with Crippen molar-refractivity contribution < 1.29 is 42.9 Å². The first kappa shape index (κ1) is 52.0. The van der Waals surface area contributed by atoms with Crippen molar-refractivity contribution in [1.29, 1.82) is 0 Å². The van der Waals surface area contributed by atoms with Crippen LogP contribution in [0, 0.1) is 5.92 Å². The minimum absolute atomic E-state index is 0.00219. The van der Waals surface area contributed by atoms with Crippen molar-refractivity contribution in [1.82, 2.24) is 25.3 Å². The molecule has 54 heavy (non-hydrogen) atoms. The first-order valence-electron chi connectivity index (χ1n) is 19.6. The summed E-state index contributed by atoms with van der Waals surface area (Å²) in [5, 5.41) is 5.68. The van der Waals surface area contributed by atoms with Crippen molar-refractivity contribution in [3.05, 3.63) is 0 Å². The predicted molar refractivity (Wildman–Crippen MR) is 217 cm³/mol. The van der Waals surface area contributed by atoms with E-state index < -0.39 is 29.6 Å². The fourth-order valence-electron chi connectivity index (χ4n) is 5.40. The molecule has 0 aliphatic carbocycles. The summed E-state index contributed by atoms with van der Waals surface area (Å²) in [6.45, 7) is 21.2. The van der Waals surface area contributed by atoms with E-state index in [0.29, 0.717) is 45.0 Å². The smallest absolute Gasteiger partial charge is 0.322 e. The number of carbonyl (C=O) groups excluding carboxylic acids is 5. The SMILES string of the molecule is CCC(CC)CN(C)CC(CNC(=O)CCC(=O)NCCOC(C)(C)CCOC(C)(C)CC(=O)[B]P)OC(CC(=O)CN(C)CC)OC(=O)CN(C)CC. The van der Waals surface area contributed by atoms with Crippen LogP contribution in [0.4, 0.5) is 0 Å². The second-order valence-electron chi connectivity index (χ2n) is 15.4. The highest BCUT2D eigenvalue weighted by atomic mass is 31.0. The predicted octanol–water partition coefficient (Wildman–Crippen LogP) is 2.88. The Kier molecular flexibility index (Phi) is 27.4. The third-order valence-corrected chi connectivity index (χ3v) is 9.54. The van der Waals surface area contributed by atoms with Gasteiger partial charge in [0.1, 0.15) is 0 Å². The molecule has 2 N–H and O–H groups in total. The molecule has 0 heterocycles. The number of Topliss-reactive ketones (excluding diaryl/α,β-unsaturated/α-hetero) is 1. The third kappa shape index (κ3) is 26.7. The first-order valence-corrected chi connectivity index (χ1v) is 20.3. The van der Waals surface area contributed by atoms with Crippen LogP contribution in [0.1, 0.15) is 100 Å². The lowest BCUT2D eigenvalue weighted by Crippen LogP contribution is -2.45. The molecule has 0 fully saturated rings. The number of ketones is 1. The fraction of sp³-hybridized carbons (Fsp3) is 0.868. The summed E-state index contributed by atoms with van der Waals surface area (Å²) >= 11 is 0. The second-order valence-corrected chi connectivity index (χ2v) is 15.7. The lowest BCUT2D eigenvalue weighted by atomic mass is 9.89. The van der Waals surface area contributed by atoms with E-state index in [0.717, 1.165) is 19.4 Å².